The highest BCUT2D eigenvalue weighted by atomic mass is 32.1. The number of ether oxygens (including phenoxy) is 2. The van der Waals surface area contributed by atoms with Crippen LogP contribution in [0.2, 0.25) is 0 Å². The van der Waals surface area contributed by atoms with Crippen molar-refractivity contribution in [3.8, 4) is 11.5 Å². The normalized spacial score (nSPS) is 15.8. The zero-order chi connectivity index (χ0) is 21.1. The third kappa shape index (κ3) is 3.91. The van der Waals surface area contributed by atoms with Crippen molar-refractivity contribution < 1.29 is 23.5 Å². The van der Waals surface area contributed by atoms with Crippen LogP contribution in [0.3, 0.4) is 0 Å². The van der Waals surface area contributed by atoms with Crippen LogP contribution in [0, 0.1) is 0 Å². The Morgan fingerprint density at radius 2 is 2.03 bits per heavy atom. The minimum Gasteiger partial charge on any atom is -0.497 e. The second-order valence-electron chi connectivity index (χ2n) is 6.86. The van der Waals surface area contributed by atoms with E-state index in [1.165, 1.54) is 17.6 Å². The summed E-state index contributed by atoms with van der Waals surface area (Å²) in [5.74, 6) is 1.27. The number of carbonyl (C=O) groups excluding carboxylic acids is 2. The molecule has 1 aliphatic heterocycles. The lowest BCUT2D eigenvalue weighted by Gasteiger charge is -2.26. The summed E-state index contributed by atoms with van der Waals surface area (Å²) < 4.78 is 16.0. The summed E-state index contributed by atoms with van der Waals surface area (Å²) in [7, 11) is 3.24. The smallest absolute Gasteiger partial charge is 0.291 e. The van der Waals surface area contributed by atoms with Gasteiger partial charge in [0, 0.05) is 12.1 Å². The Morgan fingerprint density at radius 3 is 2.77 bits per heavy atom. The van der Waals surface area contributed by atoms with Gasteiger partial charge in [-0.2, -0.15) is 0 Å². The Balaban J connectivity index is 1.53. The molecule has 0 unspecified atom stereocenters. The number of thiophene rings is 1. The molecule has 0 saturated carbocycles. The third-order valence-corrected chi connectivity index (χ3v) is 6.10. The highest BCUT2D eigenvalue weighted by molar-refractivity contribution is 7.18. The lowest BCUT2D eigenvalue weighted by molar-refractivity contribution is 0.0738. The number of nitrogens with zero attached hydrogens (tertiary/aromatic N) is 1. The van der Waals surface area contributed by atoms with Crippen molar-refractivity contribution in [1.29, 1.82) is 0 Å². The summed E-state index contributed by atoms with van der Waals surface area (Å²) >= 11 is 1.25. The Kier molecular flexibility index (Phi) is 5.76. The Hall–Kier alpha value is -3.26. The van der Waals surface area contributed by atoms with Gasteiger partial charge in [0.2, 0.25) is 0 Å². The monoisotopic (exact) mass is 426 g/mol. The van der Waals surface area contributed by atoms with Gasteiger partial charge in [-0.05, 0) is 55.3 Å². The molecule has 0 spiro atoms. The first-order valence-corrected chi connectivity index (χ1v) is 10.4. The van der Waals surface area contributed by atoms with Gasteiger partial charge in [-0.3, -0.25) is 9.59 Å². The summed E-state index contributed by atoms with van der Waals surface area (Å²) in [6, 6.07) is 12.3. The van der Waals surface area contributed by atoms with Crippen molar-refractivity contribution in [3.05, 3.63) is 64.9 Å². The molecule has 7 nitrogen and oxygen atoms in total. The number of rotatable bonds is 6. The first-order chi connectivity index (χ1) is 14.6. The first kappa shape index (κ1) is 20.0. The van der Waals surface area contributed by atoms with Crippen LogP contribution >= 0.6 is 11.3 Å². The van der Waals surface area contributed by atoms with E-state index in [4.69, 9.17) is 13.9 Å². The number of hydrogen-bond donors (Lipinski definition) is 1. The number of furan rings is 1. The van der Waals surface area contributed by atoms with Gasteiger partial charge in [0.1, 0.15) is 11.5 Å². The highest BCUT2D eigenvalue weighted by Crippen LogP contribution is 2.40. The van der Waals surface area contributed by atoms with E-state index in [1.807, 2.05) is 23.1 Å². The molecule has 2 aromatic heterocycles. The van der Waals surface area contributed by atoms with Crippen molar-refractivity contribution >= 4 is 28.2 Å². The number of nitrogens with one attached hydrogen (secondary N) is 1. The number of methoxy groups -OCH3 is 2. The van der Waals surface area contributed by atoms with Crippen molar-refractivity contribution in [1.82, 2.24) is 4.90 Å². The molecule has 156 valence electrons. The third-order valence-electron chi connectivity index (χ3n) is 5.11. The lowest BCUT2D eigenvalue weighted by Crippen LogP contribution is -2.30. The van der Waals surface area contributed by atoms with E-state index >= 15 is 0 Å². The fourth-order valence-corrected chi connectivity index (χ4v) is 4.53. The molecule has 1 N–H and O–H groups in total. The van der Waals surface area contributed by atoms with Crippen molar-refractivity contribution in [2.45, 2.75) is 18.9 Å². The Morgan fingerprint density at radius 1 is 1.17 bits per heavy atom. The molecule has 8 heteroatoms. The quantitative estimate of drug-likeness (QED) is 0.624. The number of likely N-dealkylation sites (tertiary alicyclic amines) is 1. The van der Waals surface area contributed by atoms with Crippen LogP contribution in [0.25, 0.3) is 0 Å². The van der Waals surface area contributed by atoms with Crippen LogP contribution in [-0.4, -0.2) is 37.5 Å². The zero-order valence-electron chi connectivity index (χ0n) is 16.7. The summed E-state index contributed by atoms with van der Waals surface area (Å²) in [6.45, 7) is 0.663. The van der Waals surface area contributed by atoms with Gasteiger partial charge in [-0.25, -0.2) is 0 Å². The Bertz CT molecular complexity index is 1040. The van der Waals surface area contributed by atoms with Crippen LogP contribution in [0.15, 0.2) is 53.1 Å². The molecule has 1 fully saturated rings. The molecule has 0 bridgehead atoms. The van der Waals surface area contributed by atoms with Crippen LogP contribution in [-0.2, 0) is 0 Å². The molecule has 1 saturated heterocycles. The highest BCUT2D eigenvalue weighted by Gasteiger charge is 2.33. The Labute approximate surface area is 178 Å². The van der Waals surface area contributed by atoms with Gasteiger partial charge in [0.15, 0.2) is 5.76 Å². The molecule has 1 aromatic carbocycles. The number of amides is 2. The maximum absolute atomic E-state index is 13.2. The number of anilines is 1. The van der Waals surface area contributed by atoms with E-state index in [-0.39, 0.29) is 23.6 Å². The SMILES string of the molecule is COc1ccc(OC)c([C@H]2CCCN2C(=O)c2ccc(NC(=O)c3ccco3)s2)c1. The molecular formula is C22H22N2O5S. The molecular weight excluding hydrogens is 404 g/mol. The molecule has 4 rings (SSSR count). The summed E-state index contributed by atoms with van der Waals surface area (Å²) in [4.78, 5) is 27.8. The zero-order valence-corrected chi connectivity index (χ0v) is 17.5. The fourth-order valence-electron chi connectivity index (χ4n) is 3.68. The van der Waals surface area contributed by atoms with Crippen LogP contribution in [0.1, 0.15) is 44.7 Å². The maximum atomic E-state index is 13.2. The summed E-state index contributed by atoms with van der Waals surface area (Å²) in [6.07, 6.45) is 3.20. The molecule has 2 amide bonds. The van der Waals surface area contributed by atoms with Crippen molar-refractivity contribution in [2.75, 3.05) is 26.1 Å². The van der Waals surface area contributed by atoms with E-state index in [1.54, 1.807) is 38.5 Å². The average Bonchev–Trinajstić information content (AvgIpc) is 3.54. The summed E-state index contributed by atoms with van der Waals surface area (Å²) in [5, 5.41) is 3.36. The minimum atomic E-state index is -0.346. The topological polar surface area (TPSA) is 81.0 Å². The van der Waals surface area contributed by atoms with E-state index in [2.05, 4.69) is 5.32 Å². The largest absolute Gasteiger partial charge is 0.497 e. The summed E-state index contributed by atoms with van der Waals surface area (Å²) in [5.41, 5.74) is 0.936. The number of hydrogen-bond acceptors (Lipinski definition) is 6. The van der Waals surface area contributed by atoms with Gasteiger partial charge in [0.25, 0.3) is 11.8 Å². The maximum Gasteiger partial charge on any atom is 0.291 e. The van der Waals surface area contributed by atoms with E-state index in [0.29, 0.717) is 16.4 Å². The molecule has 30 heavy (non-hydrogen) atoms. The lowest BCUT2D eigenvalue weighted by atomic mass is 10.0. The molecule has 0 aliphatic carbocycles. The predicted molar refractivity (Wildman–Crippen MR) is 114 cm³/mol. The van der Waals surface area contributed by atoms with Crippen LogP contribution in [0.4, 0.5) is 5.00 Å². The molecule has 3 aromatic rings. The predicted octanol–water partition coefficient (Wildman–Crippen LogP) is 4.59. The van der Waals surface area contributed by atoms with E-state index in [9.17, 15) is 9.59 Å². The minimum absolute atomic E-state index is 0.0640. The molecule has 3 heterocycles. The molecule has 1 atom stereocenters. The van der Waals surface area contributed by atoms with Gasteiger partial charge < -0.3 is 24.1 Å². The van der Waals surface area contributed by atoms with Gasteiger partial charge >= 0.3 is 0 Å². The molecule has 1 aliphatic rings. The number of carbonyl (C=O) groups is 2. The average molecular weight is 426 g/mol. The number of benzene rings is 1. The second kappa shape index (κ2) is 8.62. The standard InChI is InChI=1S/C22H22N2O5S/c1-27-14-7-8-17(28-2)15(13-14)16-5-3-11-24(16)22(26)19-9-10-20(30-19)23-21(25)18-6-4-12-29-18/h4,6-10,12-13,16H,3,5,11H2,1-2H3,(H,23,25)/t16-/m1/s1. The van der Waals surface area contributed by atoms with Crippen molar-refractivity contribution in [3.63, 3.8) is 0 Å². The van der Waals surface area contributed by atoms with Crippen LogP contribution < -0.4 is 14.8 Å². The van der Waals surface area contributed by atoms with Gasteiger partial charge in [0.05, 0.1) is 36.4 Å². The first-order valence-electron chi connectivity index (χ1n) is 9.58. The van der Waals surface area contributed by atoms with Crippen LogP contribution in [0.5, 0.6) is 11.5 Å². The molecule has 0 radical (unpaired) electrons. The fraction of sp³-hybridized carbons (Fsp3) is 0.273. The second-order valence-corrected chi connectivity index (χ2v) is 7.94. The van der Waals surface area contributed by atoms with Crippen molar-refractivity contribution in [2.24, 2.45) is 0 Å². The van der Waals surface area contributed by atoms with Gasteiger partial charge in [-0.15, -0.1) is 11.3 Å². The van der Waals surface area contributed by atoms with E-state index < -0.39 is 0 Å². The van der Waals surface area contributed by atoms with Gasteiger partial charge in [-0.1, -0.05) is 0 Å². The van der Waals surface area contributed by atoms with E-state index in [0.717, 1.165) is 29.9 Å².